The Kier molecular flexibility index (Phi) is 5.96. The van der Waals surface area contributed by atoms with Crippen LogP contribution in [0.1, 0.15) is 56.1 Å². The van der Waals surface area contributed by atoms with Gasteiger partial charge in [0.2, 0.25) is 5.91 Å². The Morgan fingerprint density at radius 2 is 2.18 bits per heavy atom. The van der Waals surface area contributed by atoms with Crippen LogP contribution < -0.4 is 5.32 Å². The molecule has 5 atom stereocenters. The van der Waals surface area contributed by atoms with Crippen LogP contribution in [0.3, 0.4) is 0 Å². The van der Waals surface area contributed by atoms with Gasteiger partial charge in [-0.25, -0.2) is 9.37 Å². The molecule has 0 saturated heterocycles. The maximum absolute atomic E-state index is 13.9. The number of carbonyl (C=O) groups is 2. The first-order valence-corrected chi connectivity index (χ1v) is 12.3. The lowest BCUT2D eigenvalue weighted by Gasteiger charge is -2.49. The van der Waals surface area contributed by atoms with E-state index in [-0.39, 0.29) is 41.7 Å². The van der Waals surface area contributed by atoms with Gasteiger partial charge in [0.1, 0.15) is 0 Å². The number of amides is 1. The molecule has 3 aliphatic carbocycles. The lowest BCUT2D eigenvalue weighted by molar-refractivity contribution is -0.127. The van der Waals surface area contributed by atoms with Gasteiger partial charge in [-0.15, -0.1) is 0 Å². The zero-order valence-electron chi connectivity index (χ0n) is 19.1. The Bertz CT molecular complexity index is 1180. The largest absolute Gasteiger partial charge is 0.515 e. The minimum Gasteiger partial charge on any atom is -0.515 e. The van der Waals surface area contributed by atoms with E-state index in [0.29, 0.717) is 17.9 Å². The van der Waals surface area contributed by atoms with Gasteiger partial charge < -0.3 is 10.4 Å². The minimum absolute atomic E-state index is 0.00142. The van der Waals surface area contributed by atoms with Gasteiger partial charge in [-0.1, -0.05) is 24.6 Å². The van der Waals surface area contributed by atoms with Crippen LogP contribution >= 0.6 is 11.6 Å². The Hall–Kier alpha value is -2.73. The lowest BCUT2D eigenvalue weighted by Crippen LogP contribution is -2.44. The number of hydrogen-bond acceptors (Lipinski definition) is 4. The monoisotopic (exact) mass is 482 g/mol. The predicted molar refractivity (Wildman–Crippen MR) is 128 cm³/mol. The number of nitrogens with one attached hydrogen (secondary N) is 1. The number of benzene rings is 1. The quantitative estimate of drug-likeness (QED) is 0.414. The highest BCUT2D eigenvalue weighted by Gasteiger charge is 2.60. The number of rotatable bonds is 4. The molecule has 34 heavy (non-hydrogen) atoms. The van der Waals surface area contributed by atoms with Gasteiger partial charge in [0.25, 0.3) is 0 Å². The van der Waals surface area contributed by atoms with Crippen molar-refractivity contribution in [2.75, 3.05) is 5.32 Å². The Morgan fingerprint density at radius 1 is 1.35 bits per heavy atom. The number of aliphatic hydroxyl groups excluding tert-OH is 1. The van der Waals surface area contributed by atoms with E-state index in [9.17, 15) is 19.1 Å². The molecular weight excluding hydrogens is 455 g/mol. The van der Waals surface area contributed by atoms with Crippen molar-refractivity contribution in [1.29, 1.82) is 0 Å². The molecule has 0 spiro atoms. The van der Waals surface area contributed by atoms with Crippen LogP contribution in [0.25, 0.3) is 0 Å². The SMILES string of the molecule is C[C@]12CCC3c4ccc(Cl)cc4CCC3C1[C@H](CCC(=O)Nc1ncccc1F)/C(=C/O)C2=O. The highest BCUT2D eigenvalue weighted by atomic mass is 35.5. The molecule has 5 nitrogen and oxygen atoms in total. The molecule has 2 saturated carbocycles. The van der Waals surface area contributed by atoms with Crippen LogP contribution in [-0.2, 0) is 16.0 Å². The Labute approximate surface area is 203 Å². The number of pyridine rings is 1. The Morgan fingerprint density at radius 3 is 2.94 bits per heavy atom. The molecule has 1 aromatic heterocycles. The van der Waals surface area contributed by atoms with Gasteiger partial charge in [0.05, 0.1) is 6.26 Å². The second-order valence-electron chi connectivity index (χ2n) is 10.1. The average molecular weight is 483 g/mol. The van der Waals surface area contributed by atoms with E-state index in [1.807, 2.05) is 13.0 Å². The number of aryl methyl sites for hydroxylation is 1. The molecule has 1 heterocycles. The van der Waals surface area contributed by atoms with Crippen LogP contribution in [0.15, 0.2) is 48.4 Å². The van der Waals surface area contributed by atoms with Crippen LogP contribution in [0.2, 0.25) is 5.02 Å². The van der Waals surface area contributed by atoms with Crippen molar-refractivity contribution in [1.82, 2.24) is 4.98 Å². The summed E-state index contributed by atoms with van der Waals surface area (Å²) in [6.07, 6.45) is 6.42. The number of halogens is 2. The molecule has 1 amide bonds. The topological polar surface area (TPSA) is 79.3 Å². The molecule has 2 aromatic rings. The van der Waals surface area contributed by atoms with E-state index < -0.39 is 11.2 Å². The van der Waals surface area contributed by atoms with Crippen molar-refractivity contribution in [2.45, 2.75) is 51.4 Å². The maximum Gasteiger partial charge on any atom is 0.225 e. The molecule has 3 aliphatic rings. The Balaban J connectivity index is 1.40. The second-order valence-corrected chi connectivity index (χ2v) is 10.5. The average Bonchev–Trinajstić information content (AvgIpc) is 3.05. The molecule has 3 unspecified atom stereocenters. The van der Waals surface area contributed by atoms with E-state index in [0.717, 1.165) is 37.0 Å². The summed E-state index contributed by atoms with van der Waals surface area (Å²) in [5.74, 6) is -0.596. The van der Waals surface area contributed by atoms with E-state index in [2.05, 4.69) is 22.4 Å². The number of Topliss-reactive ketones (excluding diaryl/α,β-unsaturated/α-hetero) is 1. The number of hydrogen-bond donors (Lipinski definition) is 2. The maximum atomic E-state index is 13.9. The fraction of sp³-hybridized carbons (Fsp3) is 0.444. The zero-order chi connectivity index (χ0) is 24.0. The summed E-state index contributed by atoms with van der Waals surface area (Å²) in [6, 6.07) is 8.82. The number of aromatic nitrogens is 1. The molecule has 2 N–H and O–H groups in total. The van der Waals surface area contributed by atoms with Gasteiger partial charge in [-0.05, 0) is 91.2 Å². The first kappa shape index (κ1) is 23.0. The summed E-state index contributed by atoms with van der Waals surface area (Å²) in [5.41, 5.74) is 2.48. The van der Waals surface area contributed by atoms with Gasteiger partial charge in [-0.2, -0.15) is 0 Å². The van der Waals surface area contributed by atoms with Crippen molar-refractivity contribution >= 4 is 29.1 Å². The molecule has 0 aliphatic heterocycles. The van der Waals surface area contributed by atoms with Gasteiger partial charge in [0, 0.05) is 28.6 Å². The number of allylic oxidation sites excluding steroid dienone is 1. The third kappa shape index (κ3) is 3.72. The van der Waals surface area contributed by atoms with Gasteiger partial charge in [0.15, 0.2) is 17.4 Å². The van der Waals surface area contributed by atoms with E-state index in [1.54, 1.807) is 0 Å². The number of aliphatic hydroxyl groups is 1. The molecular formula is C27H28ClFN2O3. The fourth-order valence-electron chi connectivity index (χ4n) is 6.95. The summed E-state index contributed by atoms with van der Waals surface area (Å²) >= 11 is 6.24. The molecule has 0 bridgehead atoms. The standard InChI is InChI=1S/C27H28ClFN2O3/c1-27-11-10-18-17-7-5-16(28)13-15(17)4-6-19(18)24(27)20(21(14-32)25(27)34)8-9-23(33)31-26-22(29)3-2-12-30-26/h2-3,5,7,12-14,18-20,24,32H,4,6,8-11H2,1H3,(H,30,31,33)/b21-14-/t18?,19?,20-,24?,27+/m1/s1. The van der Waals surface area contributed by atoms with Crippen LogP contribution in [0.5, 0.6) is 0 Å². The van der Waals surface area contributed by atoms with Gasteiger partial charge in [-0.3, -0.25) is 9.59 Å². The summed E-state index contributed by atoms with van der Waals surface area (Å²) in [7, 11) is 0. The number of carbonyl (C=O) groups excluding carboxylic acids is 2. The van der Waals surface area contributed by atoms with E-state index in [4.69, 9.17) is 11.6 Å². The summed E-state index contributed by atoms with van der Waals surface area (Å²) in [4.78, 5) is 29.9. The highest BCUT2D eigenvalue weighted by Crippen LogP contribution is 2.63. The summed E-state index contributed by atoms with van der Waals surface area (Å²) in [6.45, 7) is 2.03. The zero-order valence-corrected chi connectivity index (χ0v) is 19.8. The molecule has 1 aromatic carbocycles. The summed E-state index contributed by atoms with van der Waals surface area (Å²) < 4.78 is 13.9. The molecule has 7 heteroatoms. The first-order chi connectivity index (χ1) is 16.3. The molecule has 2 fully saturated rings. The lowest BCUT2D eigenvalue weighted by atomic mass is 9.54. The van der Waals surface area contributed by atoms with E-state index >= 15 is 0 Å². The third-order valence-electron chi connectivity index (χ3n) is 8.39. The van der Waals surface area contributed by atoms with Crippen molar-refractivity contribution in [3.05, 3.63) is 70.3 Å². The second kappa shape index (κ2) is 8.81. The number of ketones is 1. The van der Waals surface area contributed by atoms with Crippen molar-refractivity contribution < 1.29 is 19.1 Å². The number of anilines is 1. The van der Waals surface area contributed by atoms with Crippen molar-refractivity contribution in [3.8, 4) is 0 Å². The molecule has 5 rings (SSSR count). The summed E-state index contributed by atoms with van der Waals surface area (Å²) in [5, 5.41) is 13.3. The molecule has 0 radical (unpaired) electrons. The normalized spacial score (nSPS) is 31.0. The number of nitrogens with zero attached hydrogens (tertiary/aromatic N) is 1. The smallest absolute Gasteiger partial charge is 0.225 e. The highest BCUT2D eigenvalue weighted by molar-refractivity contribution is 6.30. The van der Waals surface area contributed by atoms with Crippen LogP contribution in [0.4, 0.5) is 10.2 Å². The van der Waals surface area contributed by atoms with Crippen molar-refractivity contribution in [3.63, 3.8) is 0 Å². The van der Waals surface area contributed by atoms with Crippen LogP contribution in [-0.4, -0.2) is 21.8 Å². The van der Waals surface area contributed by atoms with Gasteiger partial charge >= 0.3 is 0 Å². The first-order valence-electron chi connectivity index (χ1n) is 11.9. The third-order valence-corrected chi connectivity index (χ3v) is 8.63. The van der Waals surface area contributed by atoms with Crippen molar-refractivity contribution in [2.24, 2.45) is 23.2 Å². The van der Waals surface area contributed by atoms with Crippen LogP contribution in [0, 0.1) is 29.0 Å². The van der Waals surface area contributed by atoms with E-state index in [1.165, 1.54) is 29.5 Å². The predicted octanol–water partition coefficient (Wildman–Crippen LogP) is 6.00. The number of fused-ring (bicyclic) bond motifs is 5. The molecule has 178 valence electrons. The minimum atomic E-state index is -0.591. The fourth-order valence-corrected chi connectivity index (χ4v) is 7.14.